The zero-order valence-corrected chi connectivity index (χ0v) is 14.0. The van der Waals surface area contributed by atoms with E-state index < -0.39 is 11.4 Å². The molecule has 0 aromatic heterocycles. The molecule has 124 valence electrons. The molecule has 24 heavy (non-hydrogen) atoms. The molecule has 0 heterocycles. The van der Waals surface area contributed by atoms with Gasteiger partial charge in [0.15, 0.2) is 0 Å². The van der Waals surface area contributed by atoms with E-state index in [1.807, 2.05) is 63.3 Å². The van der Waals surface area contributed by atoms with Gasteiger partial charge in [-0.2, -0.15) is 0 Å². The van der Waals surface area contributed by atoms with Crippen LogP contribution < -0.4 is 5.32 Å². The Morgan fingerprint density at radius 3 is 2.12 bits per heavy atom. The van der Waals surface area contributed by atoms with Gasteiger partial charge in [-0.05, 0) is 35.4 Å². The highest BCUT2D eigenvalue weighted by Crippen LogP contribution is 2.19. The second-order valence-electron chi connectivity index (χ2n) is 6.59. The van der Waals surface area contributed by atoms with Gasteiger partial charge in [0.1, 0.15) is 0 Å². The minimum absolute atomic E-state index is 0.0437. The molecule has 0 fully saturated rings. The fraction of sp³-hybridized carbons (Fsp3) is 0.200. The summed E-state index contributed by atoms with van der Waals surface area (Å²) in [7, 11) is 0. The molecule has 0 atom stereocenters. The van der Waals surface area contributed by atoms with Crippen molar-refractivity contribution in [2.75, 3.05) is 5.32 Å². The lowest BCUT2D eigenvalue weighted by Crippen LogP contribution is -2.27. The number of amides is 1. The summed E-state index contributed by atoms with van der Waals surface area (Å²) in [6.45, 7) is 5.59. The lowest BCUT2D eigenvalue weighted by Gasteiger charge is -2.17. The van der Waals surface area contributed by atoms with E-state index in [1.165, 1.54) is 0 Å². The molecule has 4 nitrogen and oxygen atoms in total. The summed E-state index contributed by atoms with van der Waals surface area (Å²) in [5, 5.41) is 11.9. The summed E-state index contributed by atoms with van der Waals surface area (Å²) in [5.41, 5.74) is 2.25. The third-order valence-electron chi connectivity index (χ3n) is 3.43. The molecule has 2 aromatic carbocycles. The fourth-order valence-electron chi connectivity index (χ4n) is 2.01. The van der Waals surface area contributed by atoms with Crippen LogP contribution in [0.2, 0.25) is 0 Å². The minimum Gasteiger partial charge on any atom is -0.478 e. The van der Waals surface area contributed by atoms with E-state index in [2.05, 4.69) is 5.32 Å². The standard InChI is InChI=1S/C20H21NO3/c1-20(2,3)19(24)21-17-9-5-7-15(13-17)11-10-14-6-4-8-16(12-14)18(22)23/h4-13H,1-3H3,(H,21,24)(H,22,23)/b11-10+. The Labute approximate surface area is 141 Å². The zero-order chi connectivity index (χ0) is 17.7. The number of carboxylic acids is 1. The molecule has 2 rings (SSSR count). The Kier molecular flexibility index (Phi) is 5.19. The van der Waals surface area contributed by atoms with Crippen molar-refractivity contribution in [1.82, 2.24) is 0 Å². The number of hydrogen-bond donors (Lipinski definition) is 2. The smallest absolute Gasteiger partial charge is 0.335 e. The second-order valence-corrected chi connectivity index (χ2v) is 6.59. The average Bonchev–Trinajstić information content (AvgIpc) is 2.52. The predicted molar refractivity (Wildman–Crippen MR) is 96.9 cm³/mol. The van der Waals surface area contributed by atoms with Crippen LogP contribution in [0.15, 0.2) is 48.5 Å². The van der Waals surface area contributed by atoms with Gasteiger partial charge >= 0.3 is 5.97 Å². The quantitative estimate of drug-likeness (QED) is 0.812. The second kappa shape index (κ2) is 7.13. The van der Waals surface area contributed by atoms with Gasteiger partial charge < -0.3 is 10.4 Å². The van der Waals surface area contributed by atoms with E-state index >= 15 is 0 Å². The Hall–Kier alpha value is -2.88. The van der Waals surface area contributed by atoms with Gasteiger partial charge in [-0.25, -0.2) is 4.79 Å². The van der Waals surface area contributed by atoms with Crippen molar-refractivity contribution in [2.45, 2.75) is 20.8 Å². The molecule has 0 saturated heterocycles. The van der Waals surface area contributed by atoms with Gasteiger partial charge in [0.25, 0.3) is 0 Å². The monoisotopic (exact) mass is 323 g/mol. The highest BCUT2D eigenvalue weighted by molar-refractivity contribution is 5.95. The summed E-state index contributed by atoms with van der Waals surface area (Å²) >= 11 is 0. The molecule has 0 aliphatic carbocycles. The van der Waals surface area contributed by atoms with Crippen LogP contribution in [-0.4, -0.2) is 17.0 Å². The van der Waals surface area contributed by atoms with E-state index in [4.69, 9.17) is 5.11 Å². The Bertz CT molecular complexity index is 785. The summed E-state index contributed by atoms with van der Waals surface area (Å²) in [6, 6.07) is 14.2. The third-order valence-corrected chi connectivity index (χ3v) is 3.43. The minimum atomic E-state index is -0.947. The Morgan fingerprint density at radius 1 is 0.958 bits per heavy atom. The van der Waals surface area contributed by atoms with E-state index in [-0.39, 0.29) is 11.5 Å². The molecule has 0 radical (unpaired) electrons. The normalized spacial score (nSPS) is 11.5. The Balaban J connectivity index is 2.16. The lowest BCUT2D eigenvalue weighted by molar-refractivity contribution is -0.123. The van der Waals surface area contributed by atoms with Gasteiger partial charge in [0.05, 0.1) is 5.56 Å². The first-order valence-electron chi connectivity index (χ1n) is 7.69. The fourth-order valence-corrected chi connectivity index (χ4v) is 2.01. The van der Waals surface area contributed by atoms with Crippen molar-refractivity contribution < 1.29 is 14.7 Å². The highest BCUT2D eigenvalue weighted by Gasteiger charge is 2.20. The van der Waals surface area contributed by atoms with E-state index in [0.717, 1.165) is 16.8 Å². The first-order chi connectivity index (χ1) is 11.3. The number of carboxylic acid groups (broad SMARTS) is 1. The van der Waals surface area contributed by atoms with Crippen molar-refractivity contribution in [2.24, 2.45) is 5.41 Å². The van der Waals surface area contributed by atoms with E-state index in [9.17, 15) is 9.59 Å². The molecule has 0 bridgehead atoms. The number of nitrogens with one attached hydrogen (secondary N) is 1. The van der Waals surface area contributed by atoms with Crippen molar-refractivity contribution in [1.29, 1.82) is 0 Å². The molecular formula is C20H21NO3. The largest absolute Gasteiger partial charge is 0.478 e. The van der Waals surface area contributed by atoms with Gasteiger partial charge in [0.2, 0.25) is 5.91 Å². The summed E-state index contributed by atoms with van der Waals surface area (Å²) in [4.78, 5) is 23.0. The number of carbonyl (C=O) groups excluding carboxylic acids is 1. The molecular weight excluding hydrogens is 302 g/mol. The molecule has 4 heteroatoms. The van der Waals surface area contributed by atoms with E-state index in [0.29, 0.717) is 0 Å². The molecule has 2 N–H and O–H groups in total. The van der Waals surface area contributed by atoms with Crippen LogP contribution in [0.3, 0.4) is 0 Å². The summed E-state index contributed by atoms with van der Waals surface area (Å²) in [6.07, 6.45) is 3.73. The maximum atomic E-state index is 12.0. The molecule has 2 aromatic rings. The van der Waals surface area contributed by atoms with Crippen LogP contribution in [0.25, 0.3) is 12.2 Å². The molecule has 0 aliphatic heterocycles. The van der Waals surface area contributed by atoms with Gasteiger partial charge in [-0.3, -0.25) is 4.79 Å². The van der Waals surface area contributed by atoms with Crippen molar-refractivity contribution in [3.63, 3.8) is 0 Å². The number of hydrogen-bond acceptors (Lipinski definition) is 2. The Morgan fingerprint density at radius 2 is 1.54 bits per heavy atom. The van der Waals surface area contributed by atoms with Crippen molar-refractivity contribution >= 4 is 29.7 Å². The van der Waals surface area contributed by atoms with Gasteiger partial charge in [-0.15, -0.1) is 0 Å². The van der Waals surface area contributed by atoms with E-state index in [1.54, 1.807) is 18.2 Å². The van der Waals surface area contributed by atoms with Crippen LogP contribution in [-0.2, 0) is 4.79 Å². The highest BCUT2D eigenvalue weighted by atomic mass is 16.4. The maximum Gasteiger partial charge on any atom is 0.335 e. The van der Waals surface area contributed by atoms with Crippen LogP contribution >= 0.6 is 0 Å². The van der Waals surface area contributed by atoms with Gasteiger partial charge in [0, 0.05) is 11.1 Å². The van der Waals surface area contributed by atoms with Crippen molar-refractivity contribution in [3.05, 3.63) is 65.2 Å². The van der Waals surface area contributed by atoms with Crippen LogP contribution in [0, 0.1) is 5.41 Å². The molecule has 0 saturated carbocycles. The number of carbonyl (C=O) groups is 2. The number of rotatable bonds is 4. The SMILES string of the molecule is CC(C)(C)C(=O)Nc1cccc(/C=C/c2cccc(C(=O)O)c2)c1. The zero-order valence-electron chi connectivity index (χ0n) is 14.0. The lowest BCUT2D eigenvalue weighted by atomic mass is 9.95. The molecule has 0 aliphatic rings. The van der Waals surface area contributed by atoms with Gasteiger partial charge in [-0.1, -0.05) is 57.2 Å². The molecule has 0 unspecified atom stereocenters. The summed E-state index contributed by atoms with van der Waals surface area (Å²) < 4.78 is 0. The average molecular weight is 323 g/mol. The van der Waals surface area contributed by atoms with Crippen LogP contribution in [0.5, 0.6) is 0 Å². The first kappa shape index (κ1) is 17.5. The van der Waals surface area contributed by atoms with Crippen LogP contribution in [0.1, 0.15) is 42.3 Å². The third kappa shape index (κ3) is 4.81. The predicted octanol–water partition coefficient (Wildman–Crippen LogP) is 4.54. The maximum absolute atomic E-state index is 12.0. The number of benzene rings is 2. The molecule has 1 amide bonds. The summed E-state index contributed by atoms with van der Waals surface area (Å²) in [5.74, 6) is -0.991. The number of anilines is 1. The molecule has 0 spiro atoms. The number of aromatic carboxylic acids is 1. The van der Waals surface area contributed by atoms with Crippen molar-refractivity contribution in [3.8, 4) is 0 Å². The first-order valence-corrected chi connectivity index (χ1v) is 7.69. The topological polar surface area (TPSA) is 66.4 Å². The van der Waals surface area contributed by atoms with Crippen LogP contribution in [0.4, 0.5) is 5.69 Å².